The molecular weight excluding hydrogens is 573 g/mol. The number of alkyl halides is 1. The van der Waals surface area contributed by atoms with Crippen LogP contribution in [0.2, 0.25) is 0 Å². The molecule has 14 heteroatoms. The molecule has 1 aromatic heterocycles. The molecular formula is C23H31BrN3O9P. The molecule has 2 aromatic rings. The maximum Gasteiger partial charge on any atom is 0.459 e. The van der Waals surface area contributed by atoms with E-state index in [-0.39, 0.29) is 29.2 Å². The maximum atomic E-state index is 13.8. The zero-order valence-electron chi connectivity index (χ0n) is 20.9. The van der Waals surface area contributed by atoms with Crippen molar-refractivity contribution < 1.29 is 33.0 Å². The van der Waals surface area contributed by atoms with Crippen molar-refractivity contribution in [2.24, 2.45) is 0 Å². The van der Waals surface area contributed by atoms with Crippen molar-refractivity contribution in [3.05, 3.63) is 62.9 Å². The van der Waals surface area contributed by atoms with Crippen LogP contribution in [0.1, 0.15) is 39.0 Å². The van der Waals surface area contributed by atoms with Crippen molar-refractivity contribution in [1.29, 1.82) is 0 Å². The largest absolute Gasteiger partial charge is 0.462 e. The molecule has 1 aromatic carbocycles. The highest BCUT2D eigenvalue weighted by molar-refractivity contribution is 9.09. The number of benzene rings is 1. The Labute approximate surface area is 222 Å². The molecule has 5 atom stereocenters. The summed E-state index contributed by atoms with van der Waals surface area (Å²) in [6.07, 6.45) is -1.13. The summed E-state index contributed by atoms with van der Waals surface area (Å²) in [6.45, 7) is 5.93. The maximum absolute atomic E-state index is 13.8. The minimum Gasteiger partial charge on any atom is -0.462 e. The molecule has 0 amide bonds. The first kappa shape index (κ1) is 29.3. The quantitative estimate of drug-likeness (QED) is 0.198. The van der Waals surface area contributed by atoms with E-state index in [2.05, 4.69) is 26.0 Å². The van der Waals surface area contributed by atoms with Gasteiger partial charge in [-0.1, -0.05) is 34.1 Å². The number of H-pyrrole nitrogens is 1. The molecule has 0 bridgehead atoms. The number of aromatic amines is 1. The van der Waals surface area contributed by atoms with E-state index in [0.717, 1.165) is 0 Å². The predicted octanol–water partition coefficient (Wildman–Crippen LogP) is 2.39. The Balaban J connectivity index is 1.83. The third-order valence-corrected chi connectivity index (χ3v) is 8.16. The van der Waals surface area contributed by atoms with Gasteiger partial charge < -0.3 is 19.1 Å². The van der Waals surface area contributed by atoms with E-state index in [4.69, 9.17) is 18.5 Å². The van der Waals surface area contributed by atoms with Gasteiger partial charge in [0.05, 0.1) is 18.8 Å². The summed E-state index contributed by atoms with van der Waals surface area (Å²) >= 11 is 3.32. The number of nitrogens with zero attached hydrogens (tertiary/aromatic N) is 1. The normalized spacial score (nSPS) is 24.0. The fraction of sp³-hybridized carbons (Fsp3) is 0.522. The van der Waals surface area contributed by atoms with Gasteiger partial charge in [-0.05, 0) is 39.8 Å². The van der Waals surface area contributed by atoms with Crippen molar-refractivity contribution in [2.45, 2.75) is 64.2 Å². The molecule has 1 unspecified atom stereocenters. The lowest BCUT2D eigenvalue weighted by Gasteiger charge is -2.32. The molecule has 0 radical (unpaired) electrons. The fourth-order valence-corrected chi connectivity index (χ4v) is 5.81. The first-order valence-corrected chi connectivity index (χ1v) is 14.3. The van der Waals surface area contributed by atoms with Gasteiger partial charge in [-0.2, -0.15) is 5.09 Å². The Morgan fingerprint density at radius 3 is 2.62 bits per heavy atom. The van der Waals surface area contributed by atoms with Crippen LogP contribution in [0.4, 0.5) is 0 Å². The number of nitrogens with one attached hydrogen (secondary N) is 2. The Bertz CT molecular complexity index is 1250. The Morgan fingerprint density at radius 2 is 2.00 bits per heavy atom. The molecule has 1 fully saturated rings. The summed E-state index contributed by atoms with van der Waals surface area (Å²) in [5.74, 6) is -0.438. The lowest BCUT2D eigenvalue weighted by molar-refractivity contribution is -0.149. The molecule has 3 N–H and O–H groups in total. The number of aliphatic hydroxyl groups excluding tert-OH is 1. The Kier molecular flexibility index (Phi) is 9.54. The monoisotopic (exact) mass is 603 g/mol. The number of aryl methyl sites for hydroxylation is 1. The predicted molar refractivity (Wildman–Crippen MR) is 138 cm³/mol. The third kappa shape index (κ3) is 7.18. The molecule has 204 valence electrons. The molecule has 0 spiro atoms. The summed E-state index contributed by atoms with van der Waals surface area (Å²) in [7, 11) is -4.22. The highest BCUT2D eigenvalue weighted by atomic mass is 79.9. The molecule has 12 nitrogen and oxygen atoms in total. The highest BCUT2D eigenvalue weighted by Gasteiger charge is 2.50. The van der Waals surface area contributed by atoms with Crippen LogP contribution in [0.5, 0.6) is 5.75 Å². The van der Waals surface area contributed by atoms with Crippen molar-refractivity contribution in [2.75, 3.05) is 11.9 Å². The van der Waals surface area contributed by atoms with Gasteiger partial charge in [0, 0.05) is 23.5 Å². The van der Waals surface area contributed by atoms with Crippen LogP contribution < -0.4 is 20.9 Å². The molecule has 1 aliphatic heterocycles. The van der Waals surface area contributed by atoms with Gasteiger partial charge >= 0.3 is 19.4 Å². The van der Waals surface area contributed by atoms with Gasteiger partial charge in [-0.3, -0.25) is 23.7 Å². The first-order chi connectivity index (χ1) is 17.4. The second-order valence-electron chi connectivity index (χ2n) is 9.01. The molecule has 0 saturated carbocycles. The van der Waals surface area contributed by atoms with Crippen molar-refractivity contribution in [3.8, 4) is 5.75 Å². The van der Waals surface area contributed by atoms with Crippen LogP contribution in [0.15, 0.2) is 46.1 Å². The van der Waals surface area contributed by atoms with Crippen LogP contribution in [-0.4, -0.2) is 56.4 Å². The molecule has 3 rings (SSSR count). The van der Waals surface area contributed by atoms with Gasteiger partial charge in [0.15, 0.2) is 0 Å². The molecule has 2 heterocycles. The van der Waals surface area contributed by atoms with E-state index in [9.17, 15) is 24.1 Å². The summed E-state index contributed by atoms with van der Waals surface area (Å²) in [5, 5.41) is 13.5. The number of halogens is 1. The number of carbonyl (C=O) groups is 1. The summed E-state index contributed by atoms with van der Waals surface area (Å²) in [4.78, 5) is 38.6. The number of rotatable bonds is 11. The van der Waals surface area contributed by atoms with Gasteiger partial charge in [0.25, 0.3) is 5.56 Å². The van der Waals surface area contributed by atoms with Crippen LogP contribution in [-0.2, 0) is 23.4 Å². The number of aromatic nitrogens is 2. The first-order valence-electron chi connectivity index (χ1n) is 11.6. The minimum atomic E-state index is -4.22. The standard InChI is InChI=1S/C23H31BrN3O9P/c1-14(2)34-21(30)16(4)26-37(32,36-17-8-6-5-7-9-17)33-13-23(12-24)18(28)10-19(35-23)27-11-15(3)20(29)25-22(27)31/h5-9,11,14,16,18-19,28H,10,12-13H2,1-4H3,(H,26,32)(H,25,29,31)/t16-,18-,19+,23+,37?/m0/s1. The summed E-state index contributed by atoms with van der Waals surface area (Å²) < 4.78 is 37.5. The summed E-state index contributed by atoms with van der Waals surface area (Å²) in [5.41, 5.74) is -2.37. The van der Waals surface area contributed by atoms with Gasteiger partial charge in [-0.15, -0.1) is 0 Å². The molecule has 37 heavy (non-hydrogen) atoms. The van der Waals surface area contributed by atoms with E-state index in [1.807, 2.05) is 0 Å². The number of hydrogen-bond donors (Lipinski definition) is 3. The van der Waals surface area contributed by atoms with Crippen molar-refractivity contribution in [1.82, 2.24) is 14.6 Å². The molecule has 1 aliphatic rings. The van der Waals surface area contributed by atoms with Crippen LogP contribution in [0.25, 0.3) is 0 Å². The average Bonchev–Trinajstić information content (AvgIpc) is 3.16. The SMILES string of the molecule is Cc1cn([C@H]2C[C@H](O)[C@@](CBr)(COP(=O)(N[C@@H](C)C(=O)OC(C)C)Oc3ccccc3)O2)c(=O)[nH]c1=O. The zero-order chi connectivity index (χ0) is 27.4. The van der Waals surface area contributed by atoms with Crippen molar-refractivity contribution in [3.63, 3.8) is 0 Å². The zero-order valence-corrected chi connectivity index (χ0v) is 23.4. The number of hydrogen-bond acceptors (Lipinski definition) is 9. The van der Waals surface area contributed by atoms with Gasteiger partial charge in [0.1, 0.15) is 23.6 Å². The van der Waals surface area contributed by atoms with E-state index in [1.165, 1.54) is 24.6 Å². The summed E-state index contributed by atoms with van der Waals surface area (Å²) in [6, 6.07) is 7.18. The van der Waals surface area contributed by atoms with Gasteiger partial charge in [0.2, 0.25) is 0 Å². The number of carbonyl (C=O) groups excluding carboxylic acids is 1. The van der Waals surface area contributed by atoms with Crippen LogP contribution in [0.3, 0.4) is 0 Å². The Hall–Kier alpha value is -2.28. The molecule has 0 aliphatic carbocycles. The van der Waals surface area contributed by atoms with E-state index in [1.54, 1.807) is 44.2 Å². The average molecular weight is 604 g/mol. The number of ether oxygens (including phenoxy) is 2. The second-order valence-corrected chi connectivity index (χ2v) is 11.3. The van der Waals surface area contributed by atoms with E-state index in [0.29, 0.717) is 0 Å². The molecule has 1 saturated heterocycles. The van der Waals surface area contributed by atoms with E-state index >= 15 is 0 Å². The lowest BCUT2D eigenvalue weighted by atomic mass is 10.0. The lowest BCUT2D eigenvalue weighted by Crippen LogP contribution is -2.46. The topological polar surface area (TPSA) is 158 Å². The fourth-order valence-electron chi connectivity index (χ4n) is 3.59. The smallest absolute Gasteiger partial charge is 0.459 e. The third-order valence-electron chi connectivity index (χ3n) is 5.59. The second kappa shape index (κ2) is 12.1. The van der Waals surface area contributed by atoms with Gasteiger partial charge in [-0.25, -0.2) is 9.36 Å². The number of aliphatic hydroxyl groups is 1. The Morgan fingerprint density at radius 1 is 1.32 bits per heavy atom. The van der Waals surface area contributed by atoms with Crippen LogP contribution in [0, 0.1) is 6.92 Å². The minimum absolute atomic E-state index is 0.00522. The number of para-hydroxylation sites is 1. The number of esters is 1. The van der Waals surface area contributed by atoms with E-state index < -0.39 is 55.5 Å². The van der Waals surface area contributed by atoms with Crippen LogP contribution >= 0.6 is 23.7 Å². The van der Waals surface area contributed by atoms with Crippen molar-refractivity contribution >= 4 is 29.6 Å². The highest BCUT2D eigenvalue weighted by Crippen LogP contribution is 2.48.